The maximum Gasteiger partial charge on any atom is 0.295 e. The molecule has 39 heavy (non-hydrogen) atoms. The molecule has 0 aliphatic carbocycles. The second kappa shape index (κ2) is 12.5. The summed E-state index contributed by atoms with van der Waals surface area (Å²) >= 11 is 0. The van der Waals surface area contributed by atoms with Crippen LogP contribution in [0.15, 0.2) is 66.8 Å². The first-order valence-electron chi connectivity index (χ1n) is 13.0. The number of hydrogen-bond donors (Lipinski definition) is 1. The number of ether oxygens (including phenoxy) is 3. The average molecular weight is 534 g/mol. The van der Waals surface area contributed by atoms with Crippen molar-refractivity contribution in [2.45, 2.75) is 39.3 Å². The summed E-state index contributed by atoms with van der Waals surface area (Å²) in [5, 5.41) is 11.4. The van der Waals surface area contributed by atoms with E-state index in [9.17, 15) is 14.7 Å². The molecule has 0 radical (unpaired) electrons. The summed E-state index contributed by atoms with van der Waals surface area (Å²) < 4.78 is 18.8. The molecule has 0 bridgehead atoms. The molecular formula is C30H35N3O6. The highest BCUT2D eigenvalue weighted by Crippen LogP contribution is 2.42. The van der Waals surface area contributed by atoms with Gasteiger partial charge in [-0.2, -0.15) is 0 Å². The van der Waals surface area contributed by atoms with Gasteiger partial charge in [0.1, 0.15) is 11.5 Å². The lowest BCUT2D eigenvalue weighted by Gasteiger charge is -2.26. The average Bonchev–Trinajstić information content (AvgIpc) is 3.55. The molecule has 1 saturated heterocycles. The predicted octanol–water partition coefficient (Wildman–Crippen LogP) is 4.84. The van der Waals surface area contributed by atoms with Gasteiger partial charge in [-0.1, -0.05) is 32.0 Å². The van der Waals surface area contributed by atoms with Crippen molar-refractivity contribution in [2.75, 3.05) is 27.4 Å². The third-order valence-electron chi connectivity index (χ3n) is 6.71. The highest BCUT2D eigenvalue weighted by molar-refractivity contribution is 6.46. The van der Waals surface area contributed by atoms with E-state index in [1.165, 1.54) is 12.0 Å². The number of aliphatic hydroxyl groups excluding tert-OH is 1. The normalized spacial score (nSPS) is 16.6. The Morgan fingerprint density at radius 1 is 1.05 bits per heavy atom. The fourth-order valence-electron chi connectivity index (χ4n) is 4.60. The van der Waals surface area contributed by atoms with E-state index in [0.29, 0.717) is 60.4 Å². The van der Waals surface area contributed by atoms with Crippen LogP contribution in [-0.4, -0.2) is 58.6 Å². The lowest BCUT2D eigenvalue weighted by Crippen LogP contribution is -2.31. The monoisotopic (exact) mass is 533 g/mol. The Kier molecular flexibility index (Phi) is 8.91. The van der Waals surface area contributed by atoms with Crippen LogP contribution in [0.25, 0.3) is 5.76 Å². The zero-order chi connectivity index (χ0) is 27.9. The van der Waals surface area contributed by atoms with Gasteiger partial charge < -0.3 is 28.8 Å². The molecule has 0 spiro atoms. The summed E-state index contributed by atoms with van der Waals surface area (Å²) in [7, 11) is 3.07. The number of carbonyl (C=O) groups is 2. The number of aliphatic hydroxyl groups is 1. The van der Waals surface area contributed by atoms with Crippen LogP contribution in [0, 0.1) is 5.92 Å². The van der Waals surface area contributed by atoms with Crippen molar-refractivity contribution >= 4 is 17.4 Å². The van der Waals surface area contributed by atoms with E-state index in [0.717, 1.165) is 6.42 Å². The number of aromatic nitrogens is 2. The smallest absolute Gasteiger partial charge is 0.295 e. The van der Waals surface area contributed by atoms with Gasteiger partial charge in [-0.15, -0.1) is 0 Å². The Morgan fingerprint density at radius 3 is 2.56 bits per heavy atom. The van der Waals surface area contributed by atoms with E-state index in [4.69, 9.17) is 14.2 Å². The van der Waals surface area contributed by atoms with Crippen molar-refractivity contribution < 1.29 is 28.9 Å². The Balaban J connectivity index is 1.73. The lowest BCUT2D eigenvalue weighted by atomic mass is 9.95. The molecule has 2 aromatic carbocycles. The molecule has 9 nitrogen and oxygen atoms in total. The van der Waals surface area contributed by atoms with Crippen molar-refractivity contribution in [2.24, 2.45) is 5.92 Å². The number of ketones is 1. The van der Waals surface area contributed by atoms with Crippen LogP contribution in [0.4, 0.5) is 0 Å². The minimum atomic E-state index is -0.808. The SMILES string of the molecule is COc1cccc(C(O)=C2C(=O)C(=O)N(CCCn3ccnc3)C2c2ccc(OCCC(C)C)c(OC)c2)c1. The highest BCUT2D eigenvalue weighted by Gasteiger charge is 2.46. The summed E-state index contributed by atoms with van der Waals surface area (Å²) in [6.45, 7) is 5.72. The Hall–Kier alpha value is -4.27. The largest absolute Gasteiger partial charge is 0.507 e. The third-order valence-corrected chi connectivity index (χ3v) is 6.71. The number of hydrogen-bond acceptors (Lipinski definition) is 7. The Morgan fingerprint density at radius 2 is 1.87 bits per heavy atom. The van der Waals surface area contributed by atoms with Crippen LogP contribution in [0.3, 0.4) is 0 Å². The molecule has 1 N–H and O–H groups in total. The minimum absolute atomic E-state index is 0.0198. The molecule has 0 saturated carbocycles. The topological polar surface area (TPSA) is 103 Å². The number of carbonyl (C=O) groups excluding carboxylic acids is 2. The molecular weight excluding hydrogens is 498 g/mol. The predicted molar refractivity (Wildman–Crippen MR) is 147 cm³/mol. The first-order chi connectivity index (χ1) is 18.8. The number of methoxy groups -OCH3 is 2. The van der Waals surface area contributed by atoms with E-state index in [2.05, 4.69) is 18.8 Å². The molecule has 4 rings (SSSR count). The summed E-state index contributed by atoms with van der Waals surface area (Å²) in [4.78, 5) is 32.3. The summed E-state index contributed by atoms with van der Waals surface area (Å²) in [5.74, 6) is 0.424. The number of rotatable bonds is 12. The van der Waals surface area contributed by atoms with E-state index < -0.39 is 17.7 Å². The number of aryl methyl sites for hydroxylation is 1. The van der Waals surface area contributed by atoms with Gasteiger partial charge in [-0.25, -0.2) is 4.98 Å². The molecule has 1 fully saturated rings. The number of Topliss-reactive ketones (excluding diaryl/α,β-unsaturated/α-hetero) is 1. The van der Waals surface area contributed by atoms with Gasteiger partial charge in [-0.3, -0.25) is 9.59 Å². The van der Waals surface area contributed by atoms with E-state index >= 15 is 0 Å². The van der Waals surface area contributed by atoms with E-state index in [1.54, 1.807) is 56.0 Å². The van der Waals surface area contributed by atoms with Crippen LogP contribution in [0.5, 0.6) is 17.2 Å². The number of nitrogens with zero attached hydrogens (tertiary/aromatic N) is 3. The molecule has 206 valence electrons. The summed E-state index contributed by atoms with van der Waals surface area (Å²) in [6.07, 6.45) is 6.72. The molecule has 1 aliphatic rings. The number of benzene rings is 2. The molecule has 1 aromatic heterocycles. The molecule has 1 unspecified atom stereocenters. The molecule has 1 aliphatic heterocycles. The Labute approximate surface area is 228 Å². The first-order valence-corrected chi connectivity index (χ1v) is 13.0. The van der Waals surface area contributed by atoms with Crippen LogP contribution < -0.4 is 14.2 Å². The Bertz CT molecular complexity index is 1330. The number of likely N-dealkylation sites (tertiary alicyclic amines) is 1. The van der Waals surface area contributed by atoms with Crippen molar-refractivity contribution in [1.29, 1.82) is 0 Å². The van der Waals surface area contributed by atoms with Crippen LogP contribution >= 0.6 is 0 Å². The minimum Gasteiger partial charge on any atom is -0.507 e. The molecule has 3 aromatic rings. The van der Waals surface area contributed by atoms with Gasteiger partial charge in [0.15, 0.2) is 11.5 Å². The fourth-order valence-corrected chi connectivity index (χ4v) is 4.60. The van der Waals surface area contributed by atoms with Crippen molar-refractivity contribution in [3.8, 4) is 17.2 Å². The molecule has 1 amide bonds. The standard InChI is InChI=1S/C30H35N3O6/c1-20(2)11-16-39-24-10-9-21(18-25(24)38-4)27-26(28(34)22-7-5-8-23(17-22)37-3)29(35)30(36)33(27)14-6-13-32-15-12-31-19-32/h5,7-10,12,15,17-20,27,34H,6,11,13-14,16H2,1-4H3. The van der Waals surface area contributed by atoms with Gasteiger partial charge in [0.05, 0.1) is 38.8 Å². The fraction of sp³-hybridized carbons (Fsp3) is 0.367. The highest BCUT2D eigenvalue weighted by atomic mass is 16.5. The maximum absolute atomic E-state index is 13.4. The third kappa shape index (κ3) is 6.25. The zero-order valence-electron chi connectivity index (χ0n) is 22.8. The molecule has 2 heterocycles. The molecule has 9 heteroatoms. The summed E-state index contributed by atoms with van der Waals surface area (Å²) in [5.41, 5.74) is 1.04. The number of amides is 1. The quantitative estimate of drug-likeness (QED) is 0.202. The van der Waals surface area contributed by atoms with Crippen LogP contribution in [0.1, 0.15) is 43.9 Å². The number of imidazole rings is 1. The first kappa shape index (κ1) is 27.8. The van der Waals surface area contributed by atoms with Gasteiger partial charge in [-0.05, 0) is 48.6 Å². The second-order valence-electron chi connectivity index (χ2n) is 9.82. The van der Waals surface area contributed by atoms with E-state index in [-0.39, 0.29) is 11.3 Å². The van der Waals surface area contributed by atoms with Gasteiger partial charge in [0.2, 0.25) is 0 Å². The van der Waals surface area contributed by atoms with Crippen LogP contribution in [0.2, 0.25) is 0 Å². The van der Waals surface area contributed by atoms with Crippen molar-refractivity contribution in [3.05, 3.63) is 77.9 Å². The second-order valence-corrected chi connectivity index (χ2v) is 9.82. The van der Waals surface area contributed by atoms with Gasteiger partial charge in [0, 0.05) is 31.0 Å². The van der Waals surface area contributed by atoms with Crippen LogP contribution in [-0.2, 0) is 16.1 Å². The zero-order valence-corrected chi connectivity index (χ0v) is 22.8. The van der Waals surface area contributed by atoms with Crippen molar-refractivity contribution in [1.82, 2.24) is 14.5 Å². The van der Waals surface area contributed by atoms with Gasteiger partial charge >= 0.3 is 0 Å². The van der Waals surface area contributed by atoms with Gasteiger partial charge in [0.25, 0.3) is 11.7 Å². The maximum atomic E-state index is 13.4. The molecule has 1 atom stereocenters. The van der Waals surface area contributed by atoms with Crippen molar-refractivity contribution in [3.63, 3.8) is 0 Å². The van der Waals surface area contributed by atoms with E-state index in [1.807, 2.05) is 16.8 Å². The summed E-state index contributed by atoms with van der Waals surface area (Å²) in [6, 6.07) is 11.3. The lowest BCUT2D eigenvalue weighted by molar-refractivity contribution is -0.139.